The molecule has 224 valence electrons. The van der Waals surface area contributed by atoms with E-state index in [1.807, 2.05) is 0 Å². The van der Waals surface area contributed by atoms with E-state index in [1.165, 1.54) is 36.4 Å². The van der Waals surface area contributed by atoms with E-state index in [1.54, 1.807) is 59.7 Å². The molecular weight excluding hydrogens is 552 g/mol. The van der Waals surface area contributed by atoms with E-state index in [2.05, 4.69) is 20.7 Å². The standard InChI is InChI=1S/C28H38N4O8S/c1-27(2,3)39-25(35)22(32-41(37,38)21-10-8-7-9-11-21)18-31-24(34)20-14-12-19(13-15-20)23(33)29-16-17-30-26(36)40-28(4,5)6/h7-15,22,32H,16-18H2,1-6H3,(H,29,33)(H,30,36)(H,31,34). The van der Waals surface area contributed by atoms with E-state index in [0.717, 1.165) is 0 Å². The van der Waals surface area contributed by atoms with E-state index in [4.69, 9.17) is 9.47 Å². The Hall–Kier alpha value is -3.97. The summed E-state index contributed by atoms with van der Waals surface area (Å²) in [4.78, 5) is 49.5. The van der Waals surface area contributed by atoms with E-state index in [-0.39, 0.29) is 35.7 Å². The van der Waals surface area contributed by atoms with E-state index in [0.29, 0.717) is 0 Å². The zero-order valence-corrected chi connectivity index (χ0v) is 24.9. The van der Waals surface area contributed by atoms with Crippen molar-refractivity contribution < 1.29 is 37.1 Å². The van der Waals surface area contributed by atoms with Crippen molar-refractivity contribution in [3.63, 3.8) is 0 Å². The maximum atomic E-state index is 12.8. The number of hydrogen-bond donors (Lipinski definition) is 4. The molecule has 0 heterocycles. The molecule has 41 heavy (non-hydrogen) atoms. The minimum Gasteiger partial charge on any atom is -0.459 e. The third-order valence-corrected chi connectivity index (χ3v) is 6.48. The molecule has 0 saturated carbocycles. The van der Waals surface area contributed by atoms with Gasteiger partial charge in [0, 0.05) is 30.8 Å². The zero-order valence-electron chi connectivity index (χ0n) is 24.1. The number of benzene rings is 2. The third-order valence-electron chi connectivity index (χ3n) is 5.00. The number of hydrogen-bond acceptors (Lipinski definition) is 8. The van der Waals surface area contributed by atoms with Crippen LogP contribution in [0.2, 0.25) is 0 Å². The fourth-order valence-corrected chi connectivity index (χ4v) is 4.43. The molecule has 0 aliphatic heterocycles. The van der Waals surface area contributed by atoms with Crippen LogP contribution in [0, 0.1) is 0 Å². The zero-order chi connectivity index (χ0) is 30.8. The predicted molar refractivity (Wildman–Crippen MR) is 152 cm³/mol. The van der Waals surface area contributed by atoms with Gasteiger partial charge in [-0.15, -0.1) is 0 Å². The molecular formula is C28H38N4O8S. The minimum absolute atomic E-state index is 0.0469. The van der Waals surface area contributed by atoms with Crippen LogP contribution in [0.5, 0.6) is 0 Å². The van der Waals surface area contributed by atoms with Crippen molar-refractivity contribution in [1.29, 1.82) is 0 Å². The largest absolute Gasteiger partial charge is 0.459 e. The highest BCUT2D eigenvalue weighted by Gasteiger charge is 2.30. The molecule has 0 aliphatic carbocycles. The number of esters is 1. The molecule has 2 aromatic rings. The van der Waals surface area contributed by atoms with Crippen LogP contribution in [-0.2, 0) is 24.3 Å². The second-order valence-corrected chi connectivity index (χ2v) is 12.7. The topological polar surface area (TPSA) is 169 Å². The normalized spacial score (nSPS) is 12.5. The van der Waals surface area contributed by atoms with Crippen LogP contribution in [0.25, 0.3) is 0 Å². The molecule has 2 aromatic carbocycles. The number of carbonyl (C=O) groups excluding carboxylic acids is 4. The Kier molecular flexibility index (Phi) is 11.4. The first kappa shape index (κ1) is 33.2. The first-order valence-electron chi connectivity index (χ1n) is 12.9. The van der Waals surface area contributed by atoms with Gasteiger partial charge in [0.15, 0.2) is 0 Å². The fourth-order valence-electron chi connectivity index (χ4n) is 3.23. The van der Waals surface area contributed by atoms with Crippen molar-refractivity contribution in [2.45, 2.75) is 63.7 Å². The molecule has 12 nitrogen and oxygen atoms in total. The van der Waals surface area contributed by atoms with Gasteiger partial charge in [0.1, 0.15) is 17.2 Å². The van der Waals surface area contributed by atoms with Crippen molar-refractivity contribution in [1.82, 2.24) is 20.7 Å². The van der Waals surface area contributed by atoms with Gasteiger partial charge in [0.2, 0.25) is 10.0 Å². The Morgan fingerprint density at radius 1 is 0.707 bits per heavy atom. The minimum atomic E-state index is -4.09. The smallest absolute Gasteiger partial charge is 0.407 e. The van der Waals surface area contributed by atoms with Gasteiger partial charge in [-0.25, -0.2) is 13.2 Å². The second-order valence-electron chi connectivity index (χ2n) is 11.0. The molecule has 0 aliphatic rings. The molecule has 0 fully saturated rings. The molecule has 1 unspecified atom stereocenters. The molecule has 0 bridgehead atoms. The van der Waals surface area contributed by atoms with Crippen LogP contribution >= 0.6 is 0 Å². The average Bonchev–Trinajstić information content (AvgIpc) is 2.87. The maximum absolute atomic E-state index is 12.8. The molecule has 1 atom stereocenters. The molecule has 0 aromatic heterocycles. The highest BCUT2D eigenvalue weighted by Crippen LogP contribution is 2.12. The summed E-state index contributed by atoms with van der Waals surface area (Å²) in [6.07, 6.45) is -0.594. The van der Waals surface area contributed by atoms with Gasteiger partial charge in [-0.1, -0.05) is 18.2 Å². The number of ether oxygens (including phenoxy) is 2. The van der Waals surface area contributed by atoms with Gasteiger partial charge < -0.3 is 25.4 Å². The lowest BCUT2D eigenvalue weighted by molar-refractivity contribution is -0.156. The molecule has 0 radical (unpaired) electrons. The van der Waals surface area contributed by atoms with Gasteiger partial charge in [0.05, 0.1) is 4.90 Å². The number of amides is 3. The second kappa shape index (κ2) is 14.1. The summed E-state index contributed by atoms with van der Waals surface area (Å²) in [5.74, 6) is -1.86. The number of alkyl carbamates (subject to hydrolysis) is 1. The van der Waals surface area contributed by atoms with Crippen molar-refractivity contribution in [3.05, 3.63) is 65.7 Å². The molecule has 13 heteroatoms. The number of nitrogens with one attached hydrogen (secondary N) is 4. The first-order chi connectivity index (χ1) is 19.0. The van der Waals surface area contributed by atoms with Crippen molar-refractivity contribution in [2.24, 2.45) is 0 Å². The first-order valence-corrected chi connectivity index (χ1v) is 14.4. The Balaban J connectivity index is 1.98. The van der Waals surface area contributed by atoms with Gasteiger partial charge in [-0.05, 0) is 77.9 Å². The maximum Gasteiger partial charge on any atom is 0.407 e. The Morgan fingerprint density at radius 2 is 1.20 bits per heavy atom. The highest BCUT2D eigenvalue weighted by atomic mass is 32.2. The van der Waals surface area contributed by atoms with Crippen LogP contribution < -0.4 is 20.7 Å². The lowest BCUT2D eigenvalue weighted by atomic mass is 10.1. The Morgan fingerprint density at radius 3 is 1.71 bits per heavy atom. The number of rotatable bonds is 11. The van der Waals surface area contributed by atoms with Crippen LogP contribution in [0.1, 0.15) is 62.3 Å². The molecule has 0 spiro atoms. The van der Waals surface area contributed by atoms with Crippen LogP contribution in [0.15, 0.2) is 59.5 Å². The number of carbonyl (C=O) groups is 4. The van der Waals surface area contributed by atoms with Crippen molar-refractivity contribution in [3.8, 4) is 0 Å². The highest BCUT2D eigenvalue weighted by molar-refractivity contribution is 7.89. The Labute approximate surface area is 240 Å². The lowest BCUT2D eigenvalue weighted by Gasteiger charge is -2.24. The predicted octanol–water partition coefficient (Wildman–Crippen LogP) is 2.36. The summed E-state index contributed by atoms with van der Waals surface area (Å²) in [6.45, 7) is 10.1. The van der Waals surface area contributed by atoms with Crippen LogP contribution in [0.4, 0.5) is 4.79 Å². The summed E-state index contributed by atoms with van der Waals surface area (Å²) in [7, 11) is -4.09. The Bertz CT molecular complexity index is 1320. The number of sulfonamides is 1. The van der Waals surface area contributed by atoms with E-state index < -0.39 is 51.1 Å². The van der Waals surface area contributed by atoms with Crippen LogP contribution in [0.3, 0.4) is 0 Å². The quantitative estimate of drug-likeness (QED) is 0.228. The van der Waals surface area contributed by atoms with E-state index in [9.17, 15) is 27.6 Å². The molecule has 2 rings (SSSR count). The molecule has 3 amide bonds. The van der Waals surface area contributed by atoms with Gasteiger partial charge in [-0.2, -0.15) is 4.72 Å². The average molecular weight is 591 g/mol. The van der Waals surface area contributed by atoms with Crippen LogP contribution in [-0.4, -0.2) is 69.2 Å². The van der Waals surface area contributed by atoms with Gasteiger partial charge in [-0.3, -0.25) is 14.4 Å². The summed E-state index contributed by atoms with van der Waals surface area (Å²) in [6, 6.07) is 11.8. The molecule has 4 N–H and O–H groups in total. The molecule has 0 saturated heterocycles. The monoisotopic (exact) mass is 590 g/mol. The van der Waals surface area contributed by atoms with Gasteiger partial charge in [0.25, 0.3) is 11.8 Å². The van der Waals surface area contributed by atoms with E-state index >= 15 is 0 Å². The van der Waals surface area contributed by atoms with Crippen molar-refractivity contribution >= 4 is 33.9 Å². The summed E-state index contributed by atoms with van der Waals surface area (Å²) in [5, 5.41) is 7.72. The summed E-state index contributed by atoms with van der Waals surface area (Å²) < 4.78 is 38.4. The summed E-state index contributed by atoms with van der Waals surface area (Å²) >= 11 is 0. The lowest BCUT2D eigenvalue weighted by Crippen LogP contribution is -2.50. The summed E-state index contributed by atoms with van der Waals surface area (Å²) in [5.41, 5.74) is -1.06. The van der Waals surface area contributed by atoms with Crippen molar-refractivity contribution in [2.75, 3.05) is 19.6 Å². The fraction of sp³-hybridized carbons (Fsp3) is 0.429. The third kappa shape index (κ3) is 12.0. The SMILES string of the molecule is CC(C)(C)OC(=O)NCCNC(=O)c1ccc(C(=O)NCC(NS(=O)(=O)c2ccccc2)C(=O)OC(C)(C)C)cc1. The van der Waals surface area contributed by atoms with Gasteiger partial charge >= 0.3 is 12.1 Å².